The quantitative estimate of drug-likeness (QED) is 0.0187. The van der Waals surface area contributed by atoms with Crippen LogP contribution in [-0.4, -0.2) is 69.9 Å². The number of pyridine rings is 3. The molecule has 9 rings (SSSR count). The van der Waals surface area contributed by atoms with Crippen molar-refractivity contribution < 1.29 is 33.4 Å². The molecule has 0 unspecified atom stereocenters. The summed E-state index contributed by atoms with van der Waals surface area (Å²) in [6.07, 6.45) is 5.19. The second-order valence-corrected chi connectivity index (χ2v) is 14.9. The summed E-state index contributed by atoms with van der Waals surface area (Å²) in [5.41, 5.74) is 18.5. The Kier molecular flexibility index (Phi) is 19.7. The largest absolute Gasteiger partial charge is 0.461 e. The zero-order chi connectivity index (χ0) is 50.9. The monoisotopic (exact) mass is 960 g/mol. The molecule has 15 nitrogen and oxygen atoms in total. The van der Waals surface area contributed by atoms with Gasteiger partial charge in [0.1, 0.15) is 0 Å². The number of Topliss-reactive ketones (excluding diaryl/α,β-unsaturated/α-hetero) is 1. The van der Waals surface area contributed by atoms with Gasteiger partial charge < -0.3 is 19.9 Å². The number of anilines is 3. The van der Waals surface area contributed by atoms with Gasteiger partial charge >= 0.3 is 17.9 Å². The highest BCUT2D eigenvalue weighted by Crippen LogP contribution is 2.22. The van der Waals surface area contributed by atoms with Gasteiger partial charge in [-0.1, -0.05) is 146 Å². The lowest BCUT2D eigenvalue weighted by Crippen LogP contribution is -2.20. The van der Waals surface area contributed by atoms with E-state index < -0.39 is 23.7 Å². The number of hydrazone groups is 2. The molecule has 0 saturated carbocycles. The van der Waals surface area contributed by atoms with Crippen LogP contribution < -0.4 is 16.6 Å². The highest BCUT2D eigenvalue weighted by molar-refractivity contribution is 6.44. The molecule has 0 bridgehead atoms. The van der Waals surface area contributed by atoms with E-state index in [2.05, 4.69) is 40.7 Å². The molecule has 4 N–H and O–H groups in total. The van der Waals surface area contributed by atoms with Crippen LogP contribution in [0.15, 0.2) is 211 Å². The van der Waals surface area contributed by atoms with Crippen LogP contribution in [-0.2, 0) is 28.6 Å². The van der Waals surface area contributed by atoms with Crippen molar-refractivity contribution in [1.29, 1.82) is 0 Å². The summed E-state index contributed by atoms with van der Waals surface area (Å²) < 4.78 is 14.8. The van der Waals surface area contributed by atoms with Crippen LogP contribution in [0, 0.1) is 0 Å². The van der Waals surface area contributed by atoms with Crippen LogP contribution in [0.4, 0.5) is 17.1 Å². The number of para-hydroxylation sites is 3. The van der Waals surface area contributed by atoms with Gasteiger partial charge in [-0.15, -0.1) is 0 Å². The van der Waals surface area contributed by atoms with Crippen LogP contribution in [0.1, 0.15) is 42.3 Å². The van der Waals surface area contributed by atoms with E-state index in [0.717, 1.165) is 49.8 Å². The maximum Gasteiger partial charge on any atom is 0.379 e. The van der Waals surface area contributed by atoms with E-state index >= 15 is 0 Å². The Bertz CT molecular complexity index is 3120. The number of ether oxygens (including phenoxy) is 3. The van der Waals surface area contributed by atoms with Crippen LogP contribution >= 0.6 is 0 Å². The molecule has 0 radical (unpaired) electrons. The van der Waals surface area contributed by atoms with Crippen molar-refractivity contribution in [2.75, 3.05) is 36.4 Å². The van der Waals surface area contributed by atoms with Gasteiger partial charge in [-0.2, -0.15) is 10.2 Å². The molecule has 0 atom stereocenters. The van der Waals surface area contributed by atoms with Crippen LogP contribution in [0.5, 0.6) is 0 Å². The van der Waals surface area contributed by atoms with Crippen molar-refractivity contribution in [2.24, 2.45) is 10.2 Å². The van der Waals surface area contributed by atoms with Crippen molar-refractivity contribution >= 4 is 84.9 Å². The smallest absolute Gasteiger partial charge is 0.379 e. The lowest BCUT2D eigenvalue weighted by molar-refractivity contribution is -0.137. The number of fused-ring (bicyclic) bond motifs is 3. The van der Waals surface area contributed by atoms with E-state index in [-0.39, 0.29) is 18.0 Å². The Balaban J connectivity index is 0.000000165. The number of hydrogen-bond acceptors (Lipinski definition) is 15. The second kappa shape index (κ2) is 27.4. The van der Waals surface area contributed by atoms with Crippen LogP contribution in [0.2, 0.25) is 0 Å². The lowest BCUT2D eigenvalue weighted by Gasteiger charge is -2.08. The molecule has 0 aliphatic carbocycles. The van der Waals surface area contributed by atoms with Crippen molar-refractivity contribution in [1.82, 2.24) is 15.0 Å². The van der Waals surface area contributed by atoms with Gasteiger partial charge in [0.05, 0.1) is 53.4 Å². The molecule has 0 saturated heterocycles. The van der Waals surface area contributed by atoms with Gasteiger partial charge in [0.15, 0.2) is 11.4 Å². The van der Waals surface area contributed by atoms with Gasteiger partial charge in [0.25, 0.3) is 5.78 Å². The molecule has 9 aromatic rings. The highest BCUT2D eigenvalue weighted by atomic mass is 16.5. The van der Waals surface area contributed by atoms with E-state index in [1.54, 1.807) is 69.7 Å². The molecule has 15 heteroatoms. The third-order valence-electron chi connectivity index (χ3n) is 10.0. The standard InChI is InChI=1S/2C19H17N3O2.C10H10O3.C9H8N2/c2*1-2-24-19(23)18(15-8-4-3-5-9-15)22-21-16-12-6-10-14-11-7-13-20-17(14)16;1-2-13-10(12)9(11)8-6-4-3-5-7-8;10-8-5-1-3-7-4-2-6-11-9(7)8/h2*3-13,21H,2H2,1H3;3-7H,2H2,1H3;1-6H,10H2/b22-18+;22-18-;;. The Morgan fingerprint density at radius 1 is 0.417 bits per heavy atom. The van der Waals surface area contributed by atoms with Gasteiger partial charge in [-0.25, -0.2) is 14.4 Å². The molecular weight excluding hydrogens is 909 g/mol. The van der Waals surface area contributed by atoms with Gasteiger partial charge in [-0.05, 0) is 57.2 Å². The number of nitrogen functional groups attached to an aromatic ring is 1. The summed E-state index contributed by atoms with van der Waals surface area (Å²) in [6, 6.07) is 55.7. The molecule has 72 heavy (non-hydrogen) atoms. The summed E-state index contributed by atoms with van der Waals surface area (Å²) in [5, 5.41) is 11.7. The summed E-state index contributed by atoms with van der Waals surface area (Å²) in [4.78, 5) is 59.6. The molecule has 3 aromatic heterocycles. The topological polar surface area (TPSA) is 209 Å². The summed E-state index contributed by atoms with van der Waals surface area (Å²) in [7, 11) is 0. The average molecular weight is 961 g/mol. The fourth-order valence-corrected chi connectivity index (χ4v) is 6.70. The first-order valence-electron chi connectivity index (χ1n) is 22.9. The molecule has 0 fully saturated rings. The van der Waals surface area contributed by atoms with Crippen LogP contribution in [0.3, 0.4) is 0 Å². The third kappa shape index (κ3) is 14.7. The molecule has 0 amide bonds. The maximum atomic E-state index is 12.2. The Hall–Kier alpha value is -9.63. The highest BCUT2D eigenvalue weighted by Gasteiger charge is 2.18. The maximum absolute atomic E-state index is 12.2. The van der Waals surface area contributed by atoms with E-state index in [1.807, 2.05) is 152 Å². The normalized spacial score (nSPS) is 10.8. The average Bonchev–Trinajstić information content (AvgIpc) is 3.42. The Morgan fingerprint density at radius 3 is 1.17 bits per heavy atom. The predicted octanol–water partition coefficient (Wildman–Crippen LogP) is 10.5. The molecule has 6 aromatic carbocycles. The molecule has 3 heterocycles. The minimum atomic E-state index is -0.797. The minimum Gasteiger partial charge on any atom is -0.461 e. The Morgan fingerprint density at radius 2 is 0.764 bits per heavy atom. The second-order valence-electron chi connectivity index (χ2n) is 14.9. The van der Waals surface area contributed by atoms with Crippen molar-refractivity contribution in [3.8, 4) is 0 Å². The minimum absolute atomic E-state index is 0.220. The van der Waals surface area contributed by atoms with Gasteiger partial charge in [-0.3, -0.25) is 30.6 Å². The number of carbonyl (C=O) groups is 4. The fourth-order valence-electron chi connectivity index (χ4n) is 6.70. The number of rotatable bonds is 13. The predicted molar refractivity (Wildman–Crippen MR) is 284 cm³/mol. The summed E-state index contributed by atoms with van der Waals surface area (Å²) in [6.45, 7) is 6.00. The van der Waals surface area contributed by atoms with Crippen LogP contribution in [0.25, 0.3) is 32.7 Å². The molecule has 0 aliphatic rings. The first-order valence-corrected chi connectivity index (χ1v) is 22.9. The van der Waals surface area contributed by atoms with E-state index in [9.17, 15) is 19.2 Å². The number of benzene rings is 6. The molecule has 0 spiro atoms. The first kappa shape index (κ1) is 51.8. The Labute approximate surface area is 416 Å². The van der Waals surface area contributed by atoms with Gasteiger partial charge in [0.2, 0.25) is 0 Å². The van der Waals surface area contributed by atoms with E-state index in [1.165, 1.54) is 0 Å². The number of nitrogens with two attached hydrogens (primary N) is 1. The summed E-state index contributed by atoms with van der Waals surface area (Å²) >= 11 is 0. The van der Waals surface area contributed by atoms with E-state index in [0.29, 0.717) is 29.9 Å². The SMILES string of the molecule is CCOC(=O)/C(=N/Nc1cccc2cccnc12)c1ccccc1.CCOC(=O)/C(=N\Nc1cccc2cccnc12)c1ccccc1.CCOC(=O)C(=O)c1ccccc1.Nc1cccc2cccnc12. The first-order chi connectivity index (χ1) is 35.2. The number of nitrogens with zero attached hydrogens (tertiary/aromatic N) is 5. The lowest BCUT2D eigenvalue weighted by atomic mass is 10.1. The fraction of sp³-hybridized carbons (Fsp3) is 0.105. The number of aromatic nitrogens is 3. The zero-order valence-electron chi connectivity index (χ0n) is 39.8. The van der Waals surface area contributed by atoms with Crippen molar-refractivity contribution in [2.45, 2.75) is 20.8 Å². The molecule has 362 valence electrons. The summed E-state index contributed by atoms with van der Waals surface area (Å²) in [5.74, 6) is -2.33. The molecule has 0 aliphatic heterocycles. The van der Waals surface area contributed by atoms with Crippen molar-refractivity contribution in [3.05, 3.63) is 217 Å². The number of carbonyl (C=O) groups excluding carboxylic acids is 4. The third-order valence-corrected chi connectivity index (χ3v) is 10.0. The molecular formula is C57H52N8O7. The number of esters is 3. The number of ketones is 1. The van der Waals surface area contributed by atoms with E-state index in [4.69, 9.17) is 15.2 Å². The zero-order valence-corrected chi connectivity index (χ0v) is 39.8. The number of hydrogen-bond donors (Lipinski definition) is 3. The van der Waals surface area contributed by atoms with Gasteiger partial charge in [0, 0.05) is 51.4 Å². The van der Waals surface area contributed by atoms with Crippen molar-refractivity contribution in [3.63, 3.8) is 0 Å². The number of nitrogens with one attached hydrogen (secondary N) is 2.